The molecule has 0 saturated heterocycles. The first-order chi connectivity index (χ1) is 15.8. The lowest BCUT2D eigenvalue weighted by Crippen LogP contribution is -2.19. The van der Waals surface area contributed by atoms with E-state index < -0.39 is 23.1 Å². The molecule has 1 saturated carbocycles. The van der Waals surface area contributed by atoms with Crippen molar-refractivity contribution in [2.75, 3.05) is 6.61 Å². The summed E-state index contributed by atoms with van der Waals surface area (Å²) in [5, 5.41) is 9.52. The molecule has 1 aliphatic carbocycles. The van der Waals surface area contributed by atoms with E-state index in [9.17, 15) is 23.1 Å². The van der Waals surface area contributed by atoms with Crippen LogP contribution in [0.25, 0.3) is 6.08 Å². The Morgan fingerprint density at radius 1 is 0.970 bits per heavy atom. The van der Waals surface area contributed by atoms with Gasteiger partial charge in [-0.05, 0) is 66.4 Å². The lowest BCUT2D eigenvalue weighted by Gasteiger charge is -2.14. The predicted octanol–water partition coefficient (Wildman–Crippen LogP) is 6.71. The van der Waals surface area contributed by atoms with Crippen molar-refractivity contribution in [3.8, 4) is 17.2 Å². The summed E-state index contributed by atoms with van der Waals surface area (Å²) in [6, 6.07) is 19.0. The molecule has 3 aromatic rings. The van der Waals surface area contributed by atoms with Gasteiger partial charge in [-0.25, -0.2) is 0 Å². The molecule has 1 N–H and O–H groups in total. The lowest BCUT2D eigenvalue weighted by atomic mass is 9.96. The van der Waals surface area contributed by atoms with Gasteiger partial charge in [0.15, 0.2) is 11.5 Å². The molecule has 170 valence electrons. The normalized spacial score (nSPS) is 14.8. The molecule has 4 rings (SSSR count). The molecule has 0 aliphatic heterocycles. The van der Waals surface area contributed by atoms with Crippen LogP contribution in [-0.2, 0) is 16.4 Å². The number of rotatable bonds is 8. The zero-order chi connectivity index (χ0) is 23.5. The van der Waals surface area contributed by atoms with E-state index in [-0.39, 0.29) is 6.61 Å². The second-order valence-corrected chi connectivity index (χ2v) is 7.80. The maximum atomic E-state index is 12.7. The second-order valence-electron chi connectivity index (χ2n) is 7.80. The zero-order valence-corrected chi connectivity index (χ0v) is 17.5. The number of hydrogen-bond acceptors (Lipinski definition) is 3. The minimum atomic E-state index is -4.36. The fraction of sp³-hybridized carbons (Fsp3) is 0.192. The van der Waals surface area contributed by atoms with Gasteiger partial charge in [0.25, 0.3) is 0 Å². The van der Waals surface area contributed by atoms with E-state index in [4.69, 9.17) is 9.47 Å². The van der Waals surface area contributed by atoms with E-state index >= 15 is 0 Å². The Morgan fingerprint density at radius 2 is 1.67 bits per heavy atom. The first-order valence-electron chi connectivity index (χ1n) is 10.4. The van der Waals surface area contributed by atoms with Crippen molar-refractivity contribution in [3.63, 3.8) is 0 Å². The van der Waals surface area contributed by atoms with E-state index in [0.29, 0.717) is 41.2 Å². The SMILES string of the molecule is O=C(O)C1(c2cccc(Oc3ccccc3OC/C=C/c3ccc(C(F)(F)F)cc3)c2)CC1. The number of para-hydroxylation sites is 2. The van der Waals surface area contributed by atoms with Crippen LogP contribution in [0.2, 0.25) is 0 Å². The minimum Gasteiger partial charge on any atom is -0.486 e. The molecule has 0 amide bonds. The van der Waals surface area contributed by atoms with Crippen molar-refractivity contribution < 1.29 is 32.5 Å². The summed E-state index contributed by atoms with van der Waals surface area (Å²) in [6.45, 7) is 0.184. The molecule has 7 heteroatoms. The molecule has 0 spiro atoms. The zero-order valence-electron chi connectivity index (χ0n) is 17.5. The van der Waals surface area contributed by atoms with E-state index in [0.717, 1.165) is 12.1 Å². The highest BCUT2D eigenvalue weighted by molar-refractivity contribution is 5.85. The van der Waals surface area contributed by atoms with Crippen molar-refractivity contribution in [1.29, 1.82) is 0 Å². The van der Waals surface area contributed by atoms with Crippen LogP contribution < -0.4 is 9.47 Å². The van der Waals surface area contributed by atoms with Gasteiger partial charge in [0.05, 0.1) is 11.0 Å². The average Bonchev–Trinajstić information content (AvgIpc) is 3.60. The number of hydrogen-bond donors (Lipinski definition) is 1. The molecule has 3 aromatic carbocycles. The van der Waals surface area contributed by atoms with Crippen LogP contribution in [-0.4, -0.2) is 17.7 Å². The van der Waals surface area contributed by atoms with Crippen LogP contribution in [0, 0.1) is 0 Å². The number of carbonyl (C=O) groups is 1. The third-order valence-corrected chi connectivity index (χ3v) is 5.51. The van der Waals surface area contributed by atoms with Gasteiger partial charge in [-0.1, -0.05) is 42.5 Å². The molecule has 0 bridgehead atoms. The van der Waals surface area contributed by atoms with E-state index in [1.165, 1.54) is 12.1 Å². The summed E-state index contributed by atoms with van der Waals surface area (Å²) in [5.74, 6) is 0.636. The Kier molecular flexibility index (Phi) is 6.14. The Hall–Kier alpha value is -3.74. The number of carboxylic acid groups (broad SMARTS) is 1. The first-order valence-corrected chi connectivity index (χ1v) is 10.4. The molecule has 0 unspecified atom stereocenters. The molecular formula is C26H21F3O4. The molecule has 0 aromatic heterocycles. The number of alkyl halides is 3. The van der Waals surface area contributed by atoms with Crippen molar-refractivity contribution in [2.45, 2.75) is 24.4 Å². The van der Waals surface area contributed by atoms with Crippen molar-refractivity contribution in [3.05, 3.63) is 95.6 Å². The second kappa shape index (κ2) is 9.02. The molecule has 1 aliphatic rings. The number of halogens is 3. The fourth-order valence-corrected chi connectivity index (χ4v) is 3.49. The highest BCUT2D eigenvalue weighted by Crippen LogP contribution is 2.49. The number of benzene rings is 3. The van der Waals surface area contributed by atoms with Gasteiger partial charge in [0.1, 0.15) is 12.4 Å². The van der Waals surface area contributed by atoms with Gasteiger partial charge in [0, 0.05) is 0 Å². The minimum absolute atomic E-state index is 0.184. The topological polar surface area (TPSA) is 55.8 Å². The van der Waals surface area contributed by atoms with E-state index in [1.807, 2.05) is 0 Å². The molecule has 33 heavy (non-hydrogen) atoms. The summed E-state index contributed by atoms with van der Waals surface area (Å²) in [4.78, 5) is 11.6. The monoisotopic (exact) mass is 454 g/mol. The molecule has 4 nitrogen and oxygen atoms in total. The summed E-state index contributed by atoms with van der Waals surface area (Å²) in [7, 11) is 0. The molecule has 1 fully saturated rings. The average molecular weight is 454 g/mol. The van der Waals surface area contributed by atoms with Crippen molar-refractivity contribution >= 4 is 12.0 Å². The smallest absolute Gasteiger partial charge is 0.416 e. The third-order valence-electron chi connectivity index (χ3n) is 5.51. The van der Waals surface area contributed by atoms with Crippen LogP contribution in [0.3, 0.4) is 0 Å². The van der Waals surface area contributed by atoms with Crippen molar-refractivity contribution in [1.82, 2.24) is 0 Å². The van der Waals surface area contributed by atoms with Crippen LogP contribution >= 0.6 is 0 Å². The van der Waals surface area contributed by atoms with E-state index in [1.54, 1.807) is 60.7 Å². The fourth-order valence-electron chi connectivity index (χ4n) is 3.49. The Morgan fingerprint density at radius 3 is 2.30 bits per heavy atom. The van der Waals surface area contributed by atoms with E-state index in [2.05, 4.69) is 0 Å². The van der Waals surface area contributed by atoms with Gasteiger partial charge >= 0.3 is 12.1 Å². The van der Waals surface area contributed by atoms with Crippen LogP contribution in [0.15, 0.2) is 78.9 Å². The van der Waals surface area contributed by atoms with Crippen LogP contribution in [0.5, 0.6) is 17.2 Å². The Balaban J connectivity index is 1.40. The molecule has 0 heterocycles. The Labute approximate surface area is 188 Å². The summed E-state index contributed by atoms with van der Waals surface area (Å²) < 4.78 is 49.7. The number of aliphatic carboxylic acids is 1. The van der Waals surface area contributed by atoms with Gasteiger partial charge in [0.2, 0.25) is 0 Å². The van der Waals surface area contributed by atoms with Gasteiger partial charge in [-0.15, -0.1) is 0 Å². The molecule has 0 atom stereocenters. The summed E-state index contributed by atoms with van der Waals surface area (Å²) >= 11 is 0. The largest absolute Gasteiger partial charge is 0.486 e. The summed E-state index contributed by atoms with van der Waals surface area (Å²) in [5.41, 5.74) is -0.175. The highest BCUT2D eigenvalue weighted by atomic mass is 19.4. The van der Waals surface area contributed by atoms with Gasteiger partial charge in [-0.3, -0.25) is 4.79 Å². The van der Waals surface area contributed by atoms with Gasteiger partial charge in [-0.2, -0.15) is 13.2 Å². The standard InChI is InChI=1S/C26H21F3O4/c27-26(28,29)19-12-10-18(11-13-19)5-4-16-32-22-8-1-2-9-23(22)33-21-7-3-6-20(17-21)25(14-15-25)24(30)31/h1-13,17H,14-16H2,(H,30,31)/b5-4+. The van der Waals surface area contributed by atoms with Gasteiger partial charge < -0.3 is 14.6 Å². The molecular weight excluding hydrogens is 433 g/mol. The third kappa shape index (κ3) is 5.19. The highest BCUT2D eigenvalue weighted by Gasteiger charge is 2.51. The molecule has 0 radical (unpaired) electrons. The quantitative estimate of drug-likeness (QED) is 0.411. The first kappa shape index (κ1) is 22.5. The van der Waals surface area contributed by atoms with Crippen LogP contribution in [0.1, 0.15) is 29.5 Å². The number of carboxylic acids is 1. The lowest BCUT2D eigenvalue weighted by molar-refractivity contribution is -0.140. The maximum absolute atomic E-state index is 12.7. The Bertz CT molecular complexity index is 1160. The maximum Gasteiger partial charge on any atom is 0.416 e. The van der Waals surface area contributed by atoms with Crippen molar-refractivity contribution in [2.24, 2.45) is 0 Å². The van der Waals surface area contributed by atoms with Crippen LogP contribution in [0.4, 0.5) is 13.2 Å². The summed E-state index contributed by atoms with van der Waals surface area (Å²) in [6.07, 6.45) is 0.229. The predicted molar refractivity (Wildman–Crippen MR) is 117 cm³/mol. The number of ether oxygens (including phenoxy) is 2.